The average Bonchev–Trinajstić information content (AvgIpc) is 3.02. The van der Waals surface area contributed by atoms with E-state index in [9.17, 15) is 4.79 Å². The van der Waals surface area contributed by atoms with E-state index in [0.29, 0.717) is 30.4 Å². The van der Waals surface area contributed by atoms with Crippen LogP contribution in [0.4, 0.5) is 5.95 Å². The van der Waals surface area contributed by atoms with Crippen molar-refractivity contribution in [1.29, 1.82) is 0 Å². The number of nitrogens with zero attached hydrogens (tertiary/aromatic N) is 2. The van der Waals surface area contributed by atoms with E-state index >= 15 is 0 Å². The standard InChI is InChI=1S/C15H14N4O2/c20-14-13(9-12-7-4-8-21-12)18-19-15(17-14)16-10-11-5-2-1-3-6-11/h1-8H,9-10H2,(H2,16,17,19,20). The molecule has 21 heavy (non-hydrogen) atoms. The molecule has 6 nitrogen and oxygen atoms in total. The molecule has 106 valence electrons. The SMILES string of the molecule is O=c1[nH]c(NCc2ccccc2)nnc1Cc1ccco1. The van der Waals surface area contributed by atoms with Gasteiger partial charge in [0.25, 0.3) is 5.56 Å². The fourth-order valence-corrected chi connectivity index (χ4v) is 1.92. The summed E-state index contributed by atoms with van der Waals surface area (Å²) in [5.41, 5.74) is 1.16. The molecule has 1 aromatic carbocycles. The maximum atomic E-state index is 11.9. The second-order valence-electron chi connectivity index (χ2n) is 4.54. The van der Waals surface area contributed by atoms with Gasteiger partial charge in [0.1, 0.15) is 11.5 Å². The zero-order valence-electron chi connectivity index (χ0n) is 11.2. The fourth-order valence-electron chi connectivity index (χ4n) is 1.92. The van der Waals surface area contributed by atoms with Gasteiger partial charge in [-0.25, -0.2) is 0 Å². The molecule has 3 rings (SSSR count). The normalized spacial score (nSPS) is 10.5. The lowest BCUT2D eigenvalue weighted by Gasteiger charge is -2.05. The molecule has 2 heterocycles. The second kappa shape index (κ2) is 6.04. The van der Waals surface area contributed by atoms with E-state index in [0.717, 1.165) is 5.56 Å². The van der Waals surface area contributed by atoms with Gasteiger partial charge in [0.05, 0.1) is 12.7 Å². The van der Waals surface area contributed by atoms with Crippen LogP contribution < -0.4 is 10.9 Å². The second-order valence-corrected chi connectivity index (χ2v) is 4.54. The van der Waals surface area contributed by atoms with Crippen molar-refractivity contribution in [2.45, 2.75) is 13.0 Å². The third kappa shape index (κ3) is 3.36. The highest BCUT2D eigenvalue weighted by molar-refractivity contribution is 5.26. The van der Waals surface area contributed by atoms with Crippen LogP contribution in [0.5, 0.6) is 0 Å². The van der Waals surface area contributed by atoms with Gasteiger partial charge in [-0.1, -0.05) is 30.3 Å². The van der Waals surface area contributed by atoms with Crippen LogP contribution in [0.1, 0.15) is 17.0 Å². The molecular weight excluding hydrogens is 268 g/mol. The van der Waals surface area contributed by atoms with Crippen LogP contribution in [0.25, 0.3) is 0 Å². The molecule has 6 heteroatoms. The number of aromatic nitrogens is 3. The zero-order valence-corrected chi connectivity index (χ0v) is 11.2. The summed E-state index contributed by atoms with van der Waals surface area (Å²) in [4.78, 5) is 14.6. The summed E-state index contributed by atoms with van der Waals surface area (Å²) in [5.74, 6) is 1.03. The lowest BCUT2D eigenvalue weighted by Crippen LogP contribution is -2.19. The summed E-state index contributed by atoms with van der Waals surface area (Å²) in [5, 5.41) is 11.0. The van der Waals surface area contributed by atoms with Crippen molar-refractivity contribution in [3.63, 3.8) is 0 Å². The van der Waals surface area contributed by atoms with E-state index in [1.54, 1.807) is 18.4 Å². The number of rotatable bonds is 5. The summed E-state index contributed by atoms with van der Waals surface area (Å²) in [6.45, 7) is 0.572. The monoisotopic (exact) mass is 282 g/mol. The summed E-state index contributed by atoms with van der Waals surface area (Å²) < 4.78 is 5.19. The minimum absolute atomic E-state index is 0.267. The highest BCUT2D eigenvalue weighted by Crippen LogP contribution is 2.05. The van der Waals surface area contributed by atoms with Crippen molar-refractivity contribution < 1.29 is 4.42 Å². The van der Waals surface area contributed by atoms with Gasteiger partial charge in [-0.2, -0.15) is 0 Å². The van der Waals surface area contributed by atoms with Crippen LogP contribution in [-0.4, -0.2) is 15.2 Å². The third-order valence-corrected chi connectivity index (χ3v) is 2.99. The number of benzene rings is 1. The van der Waals surface area contributed by atoms with E-state index in [4.69, 9.17) is 4.42 Å². The minimum Gasteiger partial charge on any atom is -0.469 e. The van der Waals surface area contributed by atoms with Crippen molar-refractivity contribution in [3.8, 4) is 0 Å². The van der Waals surface area contributed by atoms with Crippen LogP contribution >= 0.6 is 0 Å². The van der Waals surface area contributed by atoms with Crippen LogP contribution in [0.2, 0.25) is 0 Å². The Kier molecular flexibility index (Phi) is 3.77. The number of hydrogen-bond donors (Lipinski definition) is 2. The van der Waals surface area contributed by atoms with Gasteiger partial charge in [0.15, 0.2) is 0 Å². The average molecular weight is 282 g/mol. The molecule has 0 bridgehead atoms. The first-order valence-corrected chi connectivity index (χ1v) is 6.57. The van der Waals surface area contributed by atoms with Crippen molar-refractivity contribution in [2.24, 2.45) is 0 Å². The molecular formula is C15H14N4O2. The summed E-state index contributed by atoms with van der Waals surface area (Å²) in [7, 11) is 0. The molecule has 0 aliphatic rings. The van der Waals surface area contributed by atoms with Gasteiger partial charge in [0.2, 0.25) is 5.95 Å². The Morgan fingerprint density at radius 1 is 1.10 bits per heavy atom. The van der Waals surface area contributed by atoms with E-state index in [1.165, 1.54) is 0 Å². The van der Waals surface area contributed by atoms with Gasteiger partial charge in [0, 0.05) is 6.54 Å². The van der Waals surface area contributed by atoms with Crippen molar-refractivity contribution in [3.05, 3.63) is 76.1 Å². The Balaban J connectivity index is 1.68. The van der Waals surface area contributed by atoms with Gasteiger partial charge >= 0.3 is 0 Å². The smallest absolute Gasteiger partial charge is 0.274 e. The predicted octanol–water partition coefficient (Wildman–Crippen LogP) is 1.96. The number of furan rings is 1. The number of H-pyrrole nitrogens is 1. The Bertz CT molecular complexity index is 751. The molecule has 3 aromatic rings. The molecule has 0 fully saturated rings. The van der Waals surface area contributed by atoms with Crippen LogP contribution in [-0.2, 0) is 13.0 Å². The Morgan fingerprint density at radius 2 is 1.95 bits per heavy atom. The fraction of sp³-hybridized carbons (Fsp3) is 0.133. The van der Waals surface area contributed by atoms with Crippen LogP contribution in [0.15, 0.2) is 57.9 Å². The molecule has 0 saturated carbocycles. The molecule has 0 unspecified atom stereocenters. The molecule has 0 amide bonds. The lowest BCUT2D eigenvalue weighted by atomic mass is 10.2. The van der Waals surface area contributed by atoms with Crippen molar-refractivity contribution >= 4 is 5.95 Å². The third-order valence-electron chi connectivity index (χ3n) is 2.99. The molecule has 0 aliphatic heterocycles. The predicted molar refractivity (Wildman–Crippen MR) is 77.9 cm³/mol. The van der Waals surface area contributed by atoms with E-state index < -0.39 is 0 Å². The molecule has 2 N–H and O–H groups in total. The topological polar surface area (TPSA) is 83.8 Å². The first-order valence-electron chi connectivity index (χ1n) is 6.57. The summed E-state index contributed by atoms with van der Waals surface area (Å²) >= 11 is 0. The number of nitrogens with one attached hydrogen (secondary N) is 2. The van der Waals surface area contributed by atoms with Gasteiger partial charge < -0.3 is 9.73 Å². The largest absolute Gasteiger partial charge is 0.469 e. The van der Waals surface area contributed by atoms with Crippen LogP contribution in [0.3, 0.4) is 0 Å². The first-order chi connectivity index (χ1) is 10.3. The molecule has 0 saturated heterocycles. The van der Waals surface area contributed by atoms with E-state index in [1.807, 2.05) is 30.3 Å². The van der Waals surface area contributed by atoms with Gasteiger partial charge in [-0.15, -0.1) is 10.2 Å². The highest BCUT2D eigenvalue weighted by atomic mass is 16.3. The molecule has 0 radical (unpaired) electrons. The quantitative estimate of drug-likeness (QED) is 0.747. The molecule has 0 aliphatic carbocycles. The number of aromatic amines is 1. The maximum absolute atomic E-state index is 11.9. The van der Waals surface area contributed by atoms with Crippen LogP contribution in [0, 0.1) is 0 Å². The Labute approximate surface area is 120 Å². The summed E-state index contributed by atoms with van der Waals surface area (Å²) in [6.07, 6.45) is 1.89. The summed E-state index contributed by atoms with van der Waals surface area (Å²) in [6, 6.07) is 13.4. The van der Waals surface area contributed by atoms with Crippen molar-refractivity contribution in [1.82, 2.24) is 15.2 Å². The molecule has 0 spiro atoms. The van der Waals surface area contributed by atoms with E-state index in [2.05, 4.69) is 20.5 Å². The maximum Gasteiger partial charge on any atom is 0.274 e. The number of anilines is 1. The van der Waals surface area contributed by atoms with Gasteiger partial charge in [-0.05, 0) is 17.7 Å². The first kappa shape index (κ1) is 13.1. The highest BCUT2D eigenvalue weighted by Gasteiger charge is 2.07. The zero-order chi connectivity index (χ0) is 14.5. The minimum atomic E-state index is -0.267. The van der Waals surface area contributed by atoms with E-state index in [-0.39, 0.29) is 5.56 Å². The van der Waals surface area contributed by atoms with Crippen molar-refractivity contribution in [2.75, 3.05) is 5.32 Å². The molecule has 0 atom stereocenters. The molecule has 2 aromatic heterocycles. The number of hydrogen-bond acceptors (Lipinski definition) is 5. The lowest BCUT2D eigenvalue weighted by molar-refractivity contribution is 0.517. The Hall–Kier alpha value is -2.89. The van der Waals surface area contributed by atoms with Gasteiger partial charge in [-0.3, -0.25) is 9.78 Å². The Morgan fingerprint density at radius 3 is 2.67 bits per heavy atom.